The van der Waals surface area contributed by atoms with Crippen LogP contribution in [0.3, 0.4) is 0 Å². The summed E-state index contributed by atoms with van der Waals surface area (Å²) in [6.45, 7) is 9.62. The maximum absolute atomic E-state index is 2.48. The van der Waals surface area contributed by atoms with Gasteiger partial charge >= 0.3 is 0 Å². The van der Waals surface area contributed by atoms with Crippen molar-refractivity contribution in [2.24, 2.45) is 0 Å². The van der Waals surface area contributed by atoms with Crippen LogP contribution in [0.1, 0.15) is 67.9 Å². The van der Waals surface area contributed by atoms with Gasteiger partial charge in [0.1, 0.15) is 0 Å². The van der Waals surface area contributed by atoms with Crippen molar-refractivity contribution in [3.63, 3.8) is 0 Å². The van der Waals surface area contributed by atoms with Crippen molar-refractivity contribution in [3.8, 4) is 27.9 Å². The number of rotatable bonds is 6. The first kappa shape index (κ1) is 34.6. The zero-order valence-electron chi connectivity index (χ0n) is 33.6. The van der Waals surface area contributed by atoms with Gasteiger partial charge in [0.15, 0.2) is 0 Å². The molecule has 1 unspecified atom stereocenters. The molecule has 58 heavy (non-hydrogen) atoms. The normalized spacial score (nSPS) is 16.9. The summed E-state index contributed by atoms with van der Waals surface area (Å²) >= 11 is 0. The molecule has 1 atom stereocenters. The minimum Gasteiger partial charge on any atom is -0.316 e. The van der Waals surface area contributed by atoms with Crippen LogP contribution in [0.15, 0.2) is 194 Å². The van der Waals surface area contributed by atoms with Gasteiger partial charge in [0.2, 0.25) is 0 Å². The van der Waals surface area contributed by atoms with Gasteiger partial charge in [0.05, 0.1) is 5.52 Å². The average Bonchev–Trinajstić information content (AvgIpc) is 3.84. The molecule has 0 saturated carbocycles. The van der Waals surface area contributed by atoms with Gasteiger partial charge in [-0.25, -0.2) is 0 Å². The van der Waals surface area contributed by atoms with Gasteiger partial charge in [0, 0.05) is 51.1 Å². The van der Waals surface area contributed by atoms with Crippen molar-refractivity contribution < 1.29 is 0 Å². The lowest BCUT2D eigenvalue weighted by Gasteiger charge is -2.31. The van der Waals surface area contributed by atoms with Crippen molar-refractivity contribution >= 4 is 33.5 Å². The van der Waals surface area contributed by atoms with E-state index in [1.165, 1.54) is 89.2 Å². The second-order valence-electron chi connectivity index (χ2n) is 17.4. The molecule has 280 valence electrons. The lowest BCUT2D eigenvalue weighted by Crippen LogP contribution is -2.20. The monoisotopic (exact) mass is 746 g/mol. The molecule has 0 amide bonds. The van der Waals surface area contributed by atoms with E-state index in [2.05, 4.69) is 225 Å². The molecule has 1 aromatic heterocycles. The molecule has 3 aliphatic rings. The van der Waals surface area contributed by atoms with Crippen LogP contribution < -0.4 is 4.90 Å². The van der Waals surface area contributed by atoms with Gasteiger partial charge in [-0.2, -0.15) is 0 Å². The van der Waals surface area contributed by atoms with E-state index in [1.54, 1.807) is 0 Å². The lowest BCUT2D eigenvalue weighted by atomic mass is 9.75. The van der Waals surface area contributed by atoms with E-state index in [0.717, 1.165) is 12.1 Å². The fourth-order valence-electron chi connectivity index (χ4n) is 10.4. The van der Waals surface area contributed by atoms with E-state index in [4.69, 9.17) is 0 Å². The quantitative estimate of drug-likeness (QED) is 0.164. The van der Waals surface area contributed by atoms with E-state index >= 15 is 0 Å². The largest absolute Gasteiger partial charge is 0.316 e. The summed E-state index contributed by atoms with van der Waals surface area (Å²) in [6, 6.07) is 62.6. The molecule has 0 bridgehead atoms. The van der Waals surface area contributed by atoms with Crippen LogP contribution in [0.4, 0.5) is 17.1 Å². The minimum atomic E-state index is -0.133. The molecular weight excluding hydrogens is 701 g/mol. The maximum Gasteiger partial charge on any atom is 0.0531 e. The van der Waals surface area contributed by atoms with E-state index in [-0.39, 0.29) is 10.8 Å². The van der Waals surface area contributed by atoms with E-state index < -0.39 is 0 Å². The number of hydrogen-bond donors (Lipinski definition) is 0. The molecule has 0 spiro atoms. The van der Waals surface area contributed by atoms with Gasteiger partial charge in [-0.05, 0) is 117 Å². The van der Waals surface area contributed by atoms with Gasteiger partial charge in [-0.15, -0.1) is 0 Å². The summed E-state index contributed by atoms with van der Waals surface area (Å²) in [5, 5.41) is 1.33. The van der Waals surface area contributed by atoms with Crippen LogP contribution in [-0.2, 0) is 10.8 Å². The molecule has 3 aliphatic carbocycles. The average molecular weight is 747 g/mol. The number of nitrogens with zero attached hydrogens (tertiary/aromatic N) is 2. The maximum atomic E-state index is 2.48. The molecule has 7 aromatic carbocycles. The summed E-state index contributed by atoms with van der Waals surface area (Å²) < 4.78 is 2.36. The first-order valence-electron chi connectivity index (χ1n) is 20.7. The number of anilines is 3. The fourth-order valence-corrected chi connectivity index (χ4v) is 10.4. The van der Waals surface area contributed by atoms with Crippen molar-refractivity contribution in [1.29, 1.82) is 0 Å². The highest BCUT2D eigenvalue weighted by Gasteiger charge is 2.41. The van der Waals surface area contributed by atoms with Crippen LogP contribution in [-0.4, -0.2) is 4.57 Å². The molecule has 2 heteroatoms. The molecule has 11 rings (SSSR count). The summed E-state index contributed by atoms with van der Waals surface area (Å²) in [7, 11) is 0. The number of benzene rings is 7. The number of hydrogen-bond acceptors (Lipinski definition) is 1. The number of aromatic nitrogens is 1. The Kier molecular flexibility index (Phi) is 7.72. The highest BCUT2D eigenvalue weighted by molar-refractivity contribution is 5.92. The summed E-state index contributed by atoms with van der Waals surface area (Å²) in [5.41, 5.74) is 20.7. The van der Waals surface area contributed by atoms with E-state index in [9.17, 15) is 0 Å². The summed E-state index contributed by atoms with van der Waals surface area (Å²) in [5.74, 6) is 0.292. The zero-order chi connectivity index (χ0) is 39.2. The van der Waals surface area contributed by atoms with E-state index in [1.807, 2.05) is 0 Å². The number of para-hydroxylation sites is 2. The Morgan fingerprint density at radius 1 is 0.517 bits per heavy atom. The Morgan fingerprint density at radius 3 is 1.86 bits per heavy atom. The molecule has 0 saturated heterocycles. The second-order valence-corrected chi connectivity index (χ2v) is 17.4. The van der Waals surface area contributed by atoms with Gasteiger partial charge < -0.3 is 9.47 Å². The zero-order valence-corrected chi connectivity index (χ0v) is 33.6. The predicted octanol–water partition coefficient (Wildman–Crippen LogP) is 14.9. The molecule has 0 fully saturated rings. The molecule has 0 aliphatic heterocycles. The van der Waals surface area contributed by atoms with Crippen molar-refractivity contribution in [2.75, 3.05) is 4.90 Å². The SMILES string of the molecule is CC1(C)C2=C(C=CC(c3cn(-c4ccccc4)c4ccccc34)C2)c2ccc(N(c3ccc(-c4ccccc4)cc3)c3ccc4c(c3)C(C)(C)c3ccccc3-4)cc21. The predicted molar refractivity (Wildman–Crippen MR) is 244 cm³/mol. The van der Waals surface area contributed by atoms with Gasteiger partial charge in [0.25, 0.3) is 0 Å². The molecular formula is C56H46N2. The van der Waals surface area contributed by atoms with Crippen LogP contribution in [0.5, 0.6) is 0 Å². The molecule has 2 nitrogen and oxygen atoms in total. The van der Waals surface area contributed by atoms with E-state index in [0.29, 0.717) is 5.92 Å². The van der Waals surface area contributed by atoms with Crippen LogP contribution in [0.25, 0.3) is 44.4 Å². The lowest BCUT2D eigenvalue weighted by molar-refractivity contribution is 0.591. The van der Waals surface area contributed by atoms with Crippen molar-refractivity contribution in [1.82, 2.24) is 4.57 Å². The summed E-state index contributed by atoms with van der Waals surface area (Å²) in [4.78, 5) is 2.47. The Labute approximate surface area is 342 Å². The Morgan fingerprint density at radius 2 is 1.10 bits per heavy atom. The first-order chi connectivity index (χ1) is 28.3. The molecule has 0 radical (unpaired) electrons. The standard InChI is InChI=1S/C56H46N2/c1-55(2)50-21-13-11-19-44(50)46-31-28-42(34-52(46)55)58(41-26-23-38(24-27-41)37-15-7-5-8-16-37)43-29-32-47-45-30-25-39(33-51(45)56(3,4)53(47)35-43)49-36-57(40-17-9-6-10-18-40)54-22-14-12-20-48(49)54/h5-32,34-36,39H,33H2,1-4H3. The Hall–Kier alpha value is -6.64. The fraction of sp³-hybridized carbons (Fsp3) is 0.143. The van der Waals surface area contributed by atoms with Crippen molar-refractivity contribution in [2.45, 2.75) is 50.9 Å². The van der Waals surface area contributed by atoms with Crippen LogP contribution in [0.2, 0.25) is 0 Å². The third-order valence-corrected chi connectivity index (χ3v) is 13.5. The van der Waals surface area contributed by atoms with Crippen LogP contribution in [0, 0.1) is 0 Å². The summed E-state index contributed by atoms with van der Waals surface area (Å²) in [6.07, 6.45) is 8.26. The smallest absolute Gasteiger partial charge is 0.0531 e. The second kappa shape index (κ2) is 12.9. The third kappa shape index (κ3) is 5.24. The highest BCUT2D eigenvalue weighted by atomic mass is 15.1. The number of allylic oxidation sites excluding steroid dienone is 4. The topological polar surface area (TPSA) is 8.17 Å². The Balaban J connectivity index is 0.987. The number of fused-ring (bicyclic) bond motifs is 6. The molecule has 1 heterocycles. The molecule has 0 N–H and O–H groups in total. The first-order valence-corrected chi connectivity index (χ1v) is 20.7. The highest BCUT2D eigenvalue weighted by Crippen LogP contribution is 2.55. The van der Waals surface area contributed by atoms with Gasteiger partial charge in [-0.3, -0.25) is 0 Å². The van der Waals surface area contributed by atoms with Gasteiger partial charge in [-0.1, -0.05) is 161 Å². The molecule has 8 aromatic rings. The van der Waals surface area contributed by atoms with Crippen LogP contribution >= 0.6 is 0 Å². The minimum absolute atomic E-state index is 0.0933. The third-order valence-electron chi connectivity index (χ3n) is 13.5. The Bertz CT molecular complexity index is 2960. The van der Waals surface area contributed by atoms with Crippen molar-refractivity contribution in [3.05, 3.63) is 222 Å².